The second-order valence-corrected chi connectivity index (χ2v) is 3.43. The van der Waals surface area contributed by atoms with Crippen LogP contribution in [0.5, 0.6) is 0 Å². The summed E-state index contributed by atoms with van der Waals surface area (Å²) in [6, 6.07) is 0. The van der Waals surface area contributed by atoms with Crippen molar-refractivity contribution in [3.8, 4) is 0 Å². The summed E-state index contributed by atoms with van der Waals surface area (Å²) in [7, 11) is 0. The Morgan fingerprint density at radius 2 is 2.54 bits per heavy atom. The predicted octanol–water partition coefficient (Wildman–Crippen LogP) is 0.688. The average Bonchev–Trinajstić information content (AvgIpc) is 2.52. The molecule has 0 unspecified atom stereocenters. The van der Waals surface area contributed by atoms with Gasteiger partial charge in [-0.2, -0.15) is 0 Å². The van der Waals surface area contributed by atoms with Crippen molar-refractivity contribution in [1.29, 1.82) is 0 Å². The molecule has 1 aromatic rings. The van der Waals surface area contributed by atoms with Gasteiger partial charge in [0.25, 0.3) is 0 Å². The van der Waals surface area contributed by atoms with Gasteiger partial charge in [-0.15, -0.1) is 0 Å². The Kier molecular flexibility index (Phi) is 3.82. The van der Waals surface area contributed by atoms with Gasteiger partial charge in [-0.25, -0.2) is 4.98 Å². The molecule has 13 heavy (non-hydrogen) atoms. The van der Waals surface area contributed by atoms with Crippen LogP contribution in [0.2, 0.25) is 0 Å². The third kappa shape index (κ3) is 3.50. The van der Waals surface area contributed by atoms with Gasteiger partial charge in [0, 0.05) is 32.3 Å². The number of carbonyl (C=O) groups excluding carboxylic acids is 1. The highest BCUT2D eigenvalue weighted by Gasteiger charge is 1.98. The molecule has 1 rings (SSSR count). The maximum absolute atomic E-state index is 10.6. The second-order valence-electron chi connectivity index (χ2n) is 2.64. The molecular formula is C8H13N3OS. The number of nitrogens with zero attached hydrogens (tertiary/aromatic N) is 2. The van der Waals surface area contributed by atoms with Crippen LogP contribution in [0.3, 0.4) is 0 Å². The van der Waals surface area contributed by atoms with Crippen LogP contribution in [0, 0.1) is 0 Å². The smallest absolute Gasteiger partial charge is 0.216 e. The fraction of sp³-hybridized carbons (Fsp3) is 0.500. The van der Waals surface area contributed by atoms with Gasteiger partial charge < -0.3 is 5.32 Å². The first-order valence-corrected chi connectivity index (χ1v) is 5.22. The van der Waals surface area contributed by atoms with Crippen molar-refractivity contribution in [1.82, 2.24) is 14.3 Å². The van der Waals surface area contributed by atoms with Gasteiger partial charge in [0.05, 0.1) is 5.69 Å². The van der Waals surface area contributed by atoms with E-state index in [1.165, 1.54) is 6.92 Å². The Morgan fingerprint density at radius 3 is 3.08 bits per heavy atom. The first-order valence-electron chi connectivity index (χ1n) is 4.04. The standard InChI is InChI=1S/C8H13N3OS/c1-7(12)9-4-3-8-5-11(13-2)6-10-8/h5-6H,3-4H2,1-2H3,(H,9,12). The molecule has 4 nitrogen and oxygen atoms in total. The van der Waals surface area contributed by atoms with Crippen molar-refractivity contribution in [3.63, 3.8) is 0 Å². The molecule has 5 heteroatoms. The fourth-order valence-corrected chi connectivity index (χ4v) is 1.31. The summed E-state index contributed by atoms with van der Waals surface area (Å²) in [4.78, 5) is 14.7. The van der Waals surface area contributed by atoms with Crippen molar-refractivity contribution in [2.24, 2.45) is 0 Å². The van der Waals surface area contributed by atoms with Crippen molar-refractivity contribution in [3.05, 3.63) is 18.2 Å². The minimum Gasteiger partial charge on any atom is -0.356 e. The van der Waals surface area contributed by atoms with E-state index in [2.05, 4.69) is 10.3 Å². The summed E-state index contributed by atoms with van der Waals surface area (Å²) >= 11 is 1.60. The molecule has 72 valence electrons. The van der Waals surface area contributed by atoms with Crippen molar-refractivity contribution in [2.75, 3.05) is 12.8 Å². The number of hydrogen-bond donors (Lipinski definition) is 1. The highest BCUT2D eigenvalue weighted by atomic mass is 32.2. The van der Waals surface area contributed by atoms with Gasteiger partial charge in [-0.1, -0.05) is 0 Å². The zero-order valence-electron chi connectivity index (χ0n) is 7.78. The molecule has 1 heterocycles. The van der Waals surface area contributed by atoms with Crippen molar-refractivity contribution < 1.29 is 4.79 Å². The number of nitrogens with one attached hydrogen (secondary N) is 1. The molecule has 0 saturated heterocycles. The normalized spacial score (nSPS) is 10.0. The first-order chi connectivity index (χ1) is 6.22. The minimum absolute atomic E-state index is 0.00398. The van der Waals surface area contributed by atoms with E-state index in [1.807, 2.05) is 16.4 Å². The van der Waals surface area contributed by atoms with E-state index < -0.39 is 0 Å². The lowest BCUT2D eigenvalue weighted by atomic mass is 10.3. The molecule has 0 spiro atoms. The van der Waals surface area contributed by atoms with Gasteiger partial charge in [0.1, 0.15) is 6.33 Å². The Bertz CT molecular complexity index is 285. The highest BCUT2D eigenvalue weighted by molar-refractivity contribution is 7.97. The van der Waals surface area contributed by atoms with Crippen molar-refractivity contribution in [2.45, 2.75) is 13.3 Å². The Labute approximate surface area is 81.9 Å². The number of amides is 1. The summed E-state index contributed by atoms with van der Waals surface area (Å²) < 4.78 is 1.93. The maximum atomic E-state index is 10.6. The predicted molar refractivity (Wildman–Crippen MR) is 53.5 cm³/mol. The molecule has 0 radical (unpaired) electrons. The molecule has 1 N–H and O–H groups in total. The van der Waals surface area contributed by atoms with Gasteiger partial charge in [0.15, 0.2) is 0 Å². The molecule has 1 aromatic heterocycles. The largest absolute Gasteiger partial charge is 0.356 e. The minimum atomic E-state index is 0.00398. The molecule has 0 fully saturated rings. The Morgan fingerprint density at radius 1 is 1.77 bits per heavy atom. The molecule has 1 amide bonds. The lowest BCUT2D eigenvalue weighted by Gasteiger charge is -1.98. The van der Waals surface area contributed by atoms with Gasteiger partial charge in [-0.3, -0.25) is 8.77 Å². The van der Waals surface area contributed by atoms with Crippen molar-refractivity contribution >= 4 is 17.9 Å². The van der Waals surface area contributed by atoms with Crippen LogP contribution in [0.1, 0.15) is 12.6 Å². The fourth-order valence-electron chi connectivity index (χ4n) is 0.940. The van der Waals surface area contributed by atoms with E-state index in [1.54, 1.807) is 18.3 Å². The molecule has 0 aliphatic heterocycles. The SMILES string of the molecule is CSn1cnc(CCNC(C)=O)c1. The van der Waals surface area contributed by atoms with Gasteiger partial charge in [0.2, 0.25) is 5.91 Å². The first kappa shape index (κ1) is 10.1. The van der Waals surface area contributed by atoms with E-state index >= 15 is 0 Å². The third-order valence-corrected chi connectivity index (χ3v) is 2.20. The van der Waals surface area contributed by atoms with Crippen LogP contribution in [0.15, 0.2) is 12.5 Å². The topological polar surface area (TPSA) is 46.9 Å². The highest BCUT2D eigenvalue weighted by Crippen LogP contribution is 2.03. The molecule has 0 saturated carbocycles. The van der Waals surface area contributed by atoms with Gasteiger partial charge in [-0.05, 0) is 11.9 Å². The maximum Gasteiger partial charge on any atom is 0.216 e. The average molecular weight is 199 g/mol. The summed E-state index contributed by atoms with van der Waals surface area (Å²) in [6.07, 6.45) is 6.51. The van der Waals surface area contributed by atoms with E-state index in [0.717, 1.165) is 12.1 Å². The Hall–Kier alpha value is -0.970. The molecule has 0 bridgehead atoms. The molecule has 0 aliphatic rings. The monoisotopic (exact) mass is 199 g/mol. The quantitative estimate of drug-likeness (QED) is 0.776. The molecule has 0 atom stereocenters. The van der Waals surface area contributed by atoms with E-state index in [-0.39, 0.29) is 5.91 Å². The van der Waals surface area contributed by atoms with Crippen LogP contribution in [-0.4, -0.2) is 27.7 Å². The summed E-state index contributed by atoms with van der Waals surface area (Å²) in [5.41, 5.74) is 1.00. The lowest BCUT2D eigenvalue weighted by molar-refractivity contribution is -0.118. The number of hydrogen-bond acceptors (Lipinski definition) is 3. The summed E-state index contributed by atoms with van der Waals surface area (Å²) in [5.74, 6) is 0.00398. The summed E-state index contributed by atoms with van der Waals surface area (Å²) in [5, 5.41) is 2.73. The molecule has 0 aromatic carbocycles. The van der Waals surface area contributed by atoms with E-state index in [9.17, 15) is 4.79 Å². The summed E-state index contributed by atoms with van der Waals surface area (Å²) in [6.45, 7) is 2.17. The second kappa shape index (κ2) is 4.91. The zero-order valence-corrected chi connectivity index (χ0v) is 8.60. The Balaban J connectivity index is 2.32. The molecular weight excluding hydrogens is 186 g/mol. The number of imidazole rings is 1. The number of rotatable bonds is 4. The van der Waals surface area contributed by atoms with E-state index in [0.29, 0.717) is 6.54 Å². The van der Waals surface area contributed by atoms with Crippen LogP contribution in [-0.2, 0) is 11.2 Å². The van der Waals surface area contributed by atoms with Crippen LogP contribution >= 0.6 is 11.9 Å². The third-order valence-electron chi connectivity index (χ3n) is 1.58. The zero-order chi connectivity index (χ0) is 9.68. The number of carbonyl (C=O) groups is 1. The molecule has 0 aliphatic carbocycles. The van der Waals surface area contributed by atoms with Crippen LogP contribution in [0.25, 0.3) is 0 Å². The van der Waals surface area contributed by atoms with Crippen LogP contribution in [0.4, 0.5) is 0 Å². The van der Waals surface area contributed by atoms with E-state index in [4.69, 9.17) is 0 Å². The lowest BCUT2D eigenvalue weighted by Crippen LogP contribution is -2.22. The number of aromatic nitrogens is 2. The van der Waals surface area contributed by atoms with Crippen LogP contribution < -0.4 is 5.32 Å². The van der Waals surface area contributed by atoms with Gasteiger partial charge >= 0.3 is 0 Å².